The monoisotopic (exact) mass is 562 g/mol. The quantitative estimate of drug-likeness (QED) is 0.245. The summed E-state index contributed by atoms with van der Waals surface area (Å²) in [6, 6.07) is 23.3. The first-order chi connectivity index (χ1) is 15.0. The molecule has 1 saturated carbocycles. The molecule has 2 aromatic carbocycles. The third-order valence-corrected chi connectivity index (χ3v) is 7.99. The number of hydrogen-bond acceptors (Lipinski definition) is 3. The van der Waals surface area contributed by atoms with Crippen LogP contribution in [0.2, 0.25) is 0 Å². The largest absolute Gasteiger partial charge is 0.389 e. The Kier molecular flexibility index (Phi) is 10.3. The molecule has 5 atom stereocenters. The molecule has 5 unspecified atom stereocenters. The van der Waals surface area contributed by atoms with Gasteiger partial charge in [0.1, 0.15) is 0 Å². The maximum absolute atomic E-state index is 10.6. The molecule has 1 N–H and O–H groups in total. The molecule has 2 nitrogen and oxygen atoms in total. The molecule has 1 aliphatic carbocycles. The fourth-order valence-corrected chi connectivity index (χ4v) is 6.33. The van der Waals surface area contributed by atoms with Gasteiger partial charge in [-0.15, -0.1) is 40.1 Å². The van der Waals surface area contributed by atoms with E-state index in [9.17, 15) is 5.11 Å². The van der Waals surface area contributed by atoms with Crippen LogP contribution in [0.25, 0.3) is 0 Å². The topological polar surface area (TPSA) is 29.5 Å². The average Bonchev–Trinajstić information content (AvgIpc) is 3.30. The molecule has 32 heavy (non-hydrogen) atoms. The fourth-order valence-electron chi connectivity index (χ4n) is 4.37. The van der Waals surface area contributed by atoms with Gasteiger partial charge in [0, 0.05) is 78.1 Å². The van der Waals surface area contributed by atoms with Crippen molar-refractivity contribution in [3.63, 3.8) is 0 Å². The Morgan fingerprint density at radius 1 is 1.12 bits per heavy atom. The van der Waals surface area contributed by atoms with Crippen molar-refractivity contribution in [3.05, 3.63) is 93.2 Å². The Morgan fingerprint density at radius 2 is 1.91 bits per heavy atom. The molecule has 0 aliphatic heterocycles. The fraction of sp³-hybridized carbons (Fsp3) is 0.385. The van der Waals surface area contributed by atoms with Gasteiger partial charge >= 0.3 is 0 Å². The van der Waals surface area contributed by atoms with Crippen LogP contribution >= 0.6 is 34.5 Å². The Hall–Kier alpha value is -0.256. The summed E-state index contributed by atoms with van der Waals surface area (Å²) in [6.45, 7) is 3.20. The van der Waals surface area contributed by atoms with Gasteiger partial charge in [-0.2, -0.15) is 30.3 Å². The summed E-state index contributed by atoms with van der Waals surface area (Å²) in [7, 11) is 0. The van der Waals surface area contributed by atoms with Crippen molar-refractivity contribution in [1.82, 2.24) is 0 Å². The second-order valence-electron chi connectivity index (χ2n) is 8.28. The van der Waals surface area contributed by atoms with E-state index in [1.165, 1.54) is 9.75 Å². The van der Waals surface area contributed by atoms with Gasteiger partial charge in [0.15, 0.2) is 0 Å². The van der Waals surface area contributed by atoms with Crippen LogP contribution in [0, 0.1) is 18.9 Å². The van der Waals surface area contributed by atoms with E-state index in [-0.39, 0.29) is 55.3 Å². The Labute approximate surface area is 230 Å². The minimum absolute atomic E-state index is 0. The minimum Gasteiger partial charge on any atom is -0.389 e. The second-order valence-corrected chi connectivity index (χ2v) is 10.8. The van der Waals surface area contributed by atoms with Gasteiger partial charge in [-0.05, 0) is 36.6 Å². The minimum atomic E-state index is -0.509. The van der Waals surface area contributed by atoms with Crippen LogP contribution in [-0.2, 0) is 50.5 Å². The summed E-state index contributed by atoms with van der Waals surface area (Å²) in [4.78, 5) is 2.46. The molecule has 6 heteroatoms. The molecule has 1 radical (unpaired) electrons. The van der Waals surface area contributed by atoms with Crippen molar-refractivity contribution in [2.75, 3.05) is 6.61 Å². The Bertz CT molecular complexity index is 963. The van der Waals surface area contributed by atoms with E-state index >= 15 is 0 Å². The van der Waals surface area contributed by atoms with Crippen molar-refractivity contribution >= 4 is 34.5 Å². The molecular formula is C26H27Cl2O2SY-. The second kappa shape index (κ2) is 12.4. The number of benzene rings is 2. The molecule has 0 spiro atoms. The number of ether oxygens (including phenoxy) is 1. The maximum atomic E-state index is 10.6. The van der Waals surface area contributed by atoms with Crippen LogP contribution < -0.4 is 0 Å². The first-order valence-corrected chi connectivity index (χ1v) is 12.3. The molecule has 0 bridgehead atoms. The molecule has 4 rings (SSSR count). The number of thiophene rings is 1. The average molecular weight is 563 g/mol. The number of halogens is 2. The first-order valence-electron chi connectivity index (χ1n) is 10.7. The van der Waals surface area contributed by atoms with Crippen molar-refractivity contribution in [2.45, 2.75) is 49.1 Å². The van der Waals surface area contributed by atoms with Crippen LogP contribution in [0.15, 0.2) is 60.7 Å². The number of hydrogen-bond donors (Lipinski definition) is 1. The smallest absolute Gasteiger partial charge is 0.0838 e. The molecule has 1 aromatic heterocycles. The third-order valence-electron chi connectivity index (χ3n) is 6.01. The van der Waals surface area contributed by atoms with Gasteiger partial charge in [0.05, 0.1) is 12.7 Å². The molecule has 0 amide bonds. The number of aliphatic hydroxyl groups excluding tert-OH is 1. The summed E-state index contributed by atoms with van der Waals surface area (Å²) in [6.07, 6.45) is 0.893. The molecule has 1 heterocycles. The van der Waals surface area contributed by atoms with Gasteiger partial charge in [-0.3, -0.25) is 0 Å². The van der Waals surface area contributed by atoms with E-state index in [1.54, 1.807) is 11.3 Å². The zero-order valence-corrected chi connectivity index (χ0v) is 23.3. The molecule has 1 aliphatic rings. The predicted octanol–water partition coefficient (Wildman–Crippen LogP) is 6.67. The van der Waals surface area contributed by atoms with E-state index in [1.807, 2.05) is 36.4 Å². The van der Waals surface area contributed by atoms with Gasteiger partial charge in [-0.1, -0.05) is 24.3 Å². The molecule has 3 aromatic rings. The Morgan fingerprint density at radius 3 is 2.56 bits per heavy atom. The SMILES string of the molecule is Cc1ccc(CC(O)c2ccc(C3C(Cl)CC(Cl)C3COCc3c[c-]ccc3)cc2)s1.[Y]. The van der Waals surface area contributed by atoms with Crippen LogP contribution in [0.4, 0.5) is 0 Å². The zero-order valence-electron chi connectivity index (χ0n) is 18.1. The van der Waals surface area contributed by atoms with Crippen molar-refractivity contribution in [3.8, 4) is 0 Å². The van der Waals surface area contributed by atoms with Crippen molar-refractivity contribution < 1.29 is 42.6 Å². The van der Waals surface area contributed by atoms with Gasteiger partial charge in [0.25, 0.3) is 0 Å². The van der Waals surface area contributed by atoms with Crippen LogP contribution in [-0.4, -0.2) is 22.5 Å². The van der Waals surface area contributed by atoms with Gasteiger partial charge < -0.3 is 9.84 Å². The van der Waals surface area contributed by atoms with Crippen molar-refractivity contribution in [1.29, 1.82) is 0 Å². The predicted molar refractivity (Wildman–Crippen MR) is 129 cm³/mol. The maximum Gasteiger partial charge on any atom is 0.0838 e. The zero-order chi connectivity index (χ0) is 21.8. The summed E-state index contributed by atoms with van der Waals surface area (Å²) < 4.78 is 6.00. The van der Waals surface area contributed by atoms with E-state index in [4.69, 9.17) is 27.9 Å². The van der Waals surface area contributed by atoms with E-state index in [0.29, 0.717) is 19.6 Å². The van der Waals surface area contributed by atoms with Gasteiger partial charge in [-0.25, -0.2) is 0 Å². The Balaban J connectivity index is 0.00000289. The molecular weight excluding hydrogens is 536 g/mol. The van der Waals surface area contributed by atoms with E-state index < -0.39 is 6.10 Å². The summed E-state index contributed by atoms with van der Waals surface area (Å²) in [5.74, 6) is 0.291. The molecule has 1 fully saturated rings. The summed E-state index contributed by atoms with van der Waals surface area (Å²) in [5.41, 5.74) is 3.19. The van der Waals surface area contributed by atoms with E-state index in [0.717, 1.165) is 23.1 Å². The summed E-state index contributed by atoms with van der Waals surface area (Å²) in [5, 5.41) is 10.6. The normalized spacial score (nSPS) is 23.6. The first kappa shape index (κ1) is 26.4. The molecule has 167 valence electrons. The summed E-state index contributed by atoms with van der Waals surface area (Å²) >= 11 is 15.1. The molecule has 0 saturated heterocycles. The number of aliphatic hydroxyl groups is 1. The number of alkyl halides is 2. The van der Waals surface area contributed by atoms with Crippen molar-refractivity contribution in [2.24, 2.45) is 5.92 Å². The van der Waals surface area contributed by atoms with Crippen LogP contribution in [0.1, 0.15) is 44.9 Å². The number of rotatable bonds is 8. The van der Waals surface area contributed by atoms with E-state index in [2.05, 4.69) is 37.3 Å². The van der Waals surface area contributed by atoms with Crippen LogP contribution in [0.3, 0.4) is 0 Å². The van der Waals surface area contributed by atoms with Gasteiger partial charge in [0.2, 0.25) is 0 Å². The third kappa shape index (κ3) is 6.66. The standard InChI is InChI=1S/C26H27Cl2O2S.Y/c1-17-7-12-21(31-17)13-25(29)19-8-10-20(11-9-19)26-22(23(27)14-24(26)28)16-30-15-18-5-3-2-4-6-18;/h2-3,5-12,22-26,29H,13-16H2,1H3;/q-1;. The van der Waals surface area contributed by atoms with Crippen LogP contribution in [0.5, 0.6) is 0 Å². The number of aryl methyl sites for hydroxylation is 1.